The van der Waals surface area contributed by atoms with E-state index in [2.05, 4.69) is 4.98 Å². The lowest BCUT2D eigenvalue weighted by atomic mass is 10.2. The van der Waals surface area contributed by atoms with Crippen molar-refractivity contribution in [3.8, 4) is 0 Å². The van der Waals surface area contributed by atoms with E-state index in [1.807, 2.05) is 0 Å². The Bertz CT molecular complexity index is 467. The minimum absolute atomic E-state index is 0.322. The quantitative estimate of drug-likeness (QED) is 0.682. The number of nitrogens with zero attached hydrogens (tertiary/aromatic N) is 2. The predicted octanol–water partition coefficient (Wildman–Crippen LogP) is 1.87. The average molecular weight is 301 g/mol. The van der Waals surface area contributed by atoms with E-state index in [0.29, 0.717) is 11.0 Å². The largest absolute Gasteiger partial charge is 0.406 e. The highest BCUT2D eigenvalue weighted by Gasteiger charge is 2.33. The number of alkyl halides is 3. The highest BCUT2D eigenvalue weighted by Crippen LogP contribution is 2.20. The van der Waals surface area contributed by atoms with Gasteiger partial charge in [0, 0.05) is 6.54 Å². The van der Waals surface area contributed by atoms with E-state index < -0.39 is 48.3 Å². The van der Waals surface area contributed by atoms with Crippen LogP contribution in [0.15, 0.2) is 12.3 Å². The standard InChI is InChI=1S/C10H9ClF4N2O2/c11-8-7(3-6(12)4-16-8)9(19)17(1-2-18)5-10(13,14)15/h3-4,18H,1-2,5H2. The number of carbonyl (C=O) groups excluding carboxylic acids is 1. The molecule has 0 saturated heterocycles. The third-order valence-corrected chi connectivity index (χ3v) is 2.36. The van der Waals surface area contributed by atoms with Crippen molar-refractivity contribution in [3.63, 3.8) is 0 Å². The summed E-state index contributed by atoms with van der Waals surface area (Å²) in [6, 6.07) is 0.693. The van der Waals surface area contributed by atoms with Crippen LogP contribution in [-0.2, 0) is 0 Å². The number of aliphatic hydroxyl groups is 1. The second-order valence-electron chi connectivity index (χ2n) is 3.56. The molecule has 1 rings (SSSR count). The molecule has 106 valence electrons. The number of carbonyl (C=O) groups is 1. The van der Waals surface area contributed by atoms with E-state index in [0.717, 1.165) is 6.20 Å². The lowest BCUT2D eigenvalue weighted by Gasteiger charge is -2.23. The Morgan fingerprint density at radius 1 is 1.47 bits per heavy atom. The van der Waals surface area contributed by atoms with Crippen LogP contribution in [0.2, 0.25) is 5.15 Å². The summed E-state index contributed by atoms with van der Waals surface area (Å²) < 4.78 is 49.8. The Labute approximate surface area is 110 Å². The number of amides is 1. The number of hydrogen-bond donors (Lipinski definition) is 1. The van der Waals surface area contributed by atoms with Crippen LogP contribution in [0.5, 0.6) is 0 Å². The molecule has 1 N–H and O–H groups in total. The van der Waals surface area contributed by atoms with Crippen molar-refractivity contribution in [1.82, 2.24) is 9.88 Å². The smallest absolute Gasteiger partial charge is 0.395 e. The summed E-state index contributed by atoms with van der Waals surface area (Å²) >= 11 is 5.54. The number of pyridine rings is 1. The number of aromatic nitrogens is 1. The molecular weight excluding hydrogens is 292 g/mol. The zero-order valence-corrected chi connectivity index (χ0v) is 10.2. The minimum atomic E-state index is -4.64. The minimum Gasteiger partial charge on any atom is -0.395 e. The second kappa shape index (κ2) is 6.16. The summed E-state index contributed by atoms with van der Waals surface area (Å²) in [5.41, 5.74) is -0.487. The Kier molecular flexibility index (Phi) is 5.07. The van der Waals surface area contributed by atoms with E-state index in [4.69, 9.17) is 16.7 Å². The van der Waals surface area contributed by atoms with Gasteiger partial charge in [0.1, 0.15) is 17.5 Å². The zero-order chi connectivity index (χ0) is 14.6. The lowest BCUT2D eigenvalue weighted by Crippen LogP contribution is -2.40. The van der Waals surface area contributed by atoms with Gasteiger partial charge < -0.3 is 10.0 Å². The molecule has 0 radical (unpaired) electrons. The van der Waals surface area contributed by atoms with Crippen molar-refractivity contribution in [2.75, 3.05) is 19.7 Å². The molecule has 1 aromatic rings. The van der Waals surface area contributed by atoms with Crippen molar-refractivity contribution in [3.05, 3.63) is 28.8 Å². The summed E-state index contributed by atoms with van der Waals surface area (Å²) in [6.45, 7) is -2.79. The fourth-order valence-corrected chi connectivity index (χ4v) is 1.52. The van der Waals surface area contributed by atoms with Crippen LogP contribution in [0.4, 0.5) is 17.6 Å². The lowest BCUT2D eigenvalue weighted by molar-refractivity contribution is -0.141. The van der Waals surface area contributed by atoms with Gasteiger partial charge in [0.15, 0.2) is 0 Å². The Morgan fingerprint density at radius 3 is 2.63 bits per heavy atom. The summed E-state index contributed by atoms with van der Waals surface area (Å²) in [5, 5.41) is 8.26. The van der Waals surface area contributed by atoms with Crippen molar-refractivity contribution in [2.45, 2.75) is 6.18 Å². The van der Waals surface area contributed by atoms with Crippen LogP contribution >= 0.6 is 11.6 Å². The number of hydrogen-bond acceptors (Lipinski definition) is 3. The molecule has 0 aliphatic carbocycles. The fourth-order valence-electron chi connectivity index (χ4n) is 1.33. The molecule has 0 atom stereocenters. The van der Waals surface area contributed by atoms with Gasteiger partial charge in [-0.1, -0.05) is 11.6 Å². The Balaban J connectivity index is 3.02. The fraction of sp³-hybridized carbons (Fsp3) is 0.400. The van der Waals surface area contributed by atoms with E-state index in [-0.39, 0.29) is 0 Å². The molecule has 1 amide bonds. The number of halogens is 5. The molecule has 0 unspecified atom stereocenters. The van der Waals surface area contributed by atoms with Gasteiger partial charge in [-0.05, 0) is 6.07 Å². The topological polar surface area (TPSA) is 53.4 Å². The average Bonchev–Trinajstić information content (AvgIpc) is 2.29. The molecule has 0 fully saturated rings. The molecule has 9 heteroatoms. The van der Waals surface area contributed by atoms with Gasteiger partial charge in [-0.25, -0.2) is 9.37 Å². The summed E-state index contributed by atoms with van der Waals surface area (Å²) in [7, 11) is 0. The van der Waals surface area contributed by atoms with Crippen LogP contribution < -0.4 is 0 Å². The SMILES string of the molecule is O=C(c1cc(F)cnc1Cl)N(CCO)CC(F)(F)F. The summed E-state index contributed by atoms with van der Waals surface area (Å²) in [4.78, 5) is 15.5. The third-order valence-electron chi connectivity index (χ3n) is 2.06. The molecule has 1 aromatic heterocycles. The van der Waals surface area contributed by atoms with E-state index in [1.165, 1.54) is 0 Å². The van der Waals surface area contributed by atoms with Gasteiger partial charge in [0.25, 0.3) is 5.91 Å². The van der Waals surface area contributed by atoms with Crippen LogP contribution in [0.1, 0.15) is 10.4 Å². The normalized spacial score (nSPS) is 11.5. The first-order chi connectivity index (χ1) is 8.74. The molecule has 0 aliphatic heterocycles. The van der Waals surface area contributed by atoms with Crippen LogP contribution in [0.25, 0.3) is 0 Å². The molecule has 0 spiro atoms. The van der Waals surface area contributed by atoms with Crippen molar-refractivity contribution in [2.24, 2.45) is 0 Å². The number of rotatable bonds is 4. The Hall–Kier alpha value is -1.41. The third kappa shape index (κ3) is 4.64. The molecule has 1 heterocycles. The molecule has 0 aliphatic rings. The van der Waals surface area contributed by atoms with Gasteiger partial charge >= 0.3 is 6.18 Å². The maximum Gasteiger partial charge on any atom is 0.406 e. The highest BCUT2D eigenvalue weighted by atomic mass is 35.5. The first kappa shape index (κ1) is 15.6. The molecule has 4 nitrogen and oxygen atoms in total. The van der Waals surface area contributed by atoms with Gasteiger partial charge in [0.05, 0.1) is 18.4 Å². The Morgan fingerprint density at radius 2 is 2.11 bits per heavy atom. The van der Waals surface area contributed by atoms with Gasteiger partial charge in [-0.3, -0.25) is 4.79 Å². The second-order valence-corrected chi connectivity index (χ2v) is 3.92. The molecule has 19 heavy (non-hydrogen) atoms. The number of aliphatic hydroxyl groups excluding tert-OH is 1. The molecule has 0 aromatic carbocycles. The van der Waals surface area contributed by atoms with E-state index >= 15 is 0 Å². The van der Waals surface area contributed by atoms with Crippen LogP contribution in [-0.4, -0.2) is 46.8 Å². The van der Waals surface area contributed by atoms with Gasteiger partial charge in [-0.2, -0.15) is 13.2 Å². The monoisotopic (exact) mass is 300 g/mol. The van der Waals surface area contributed by atoms with Crippen molar-refractivity contribution < 1.29 is 27.5 Å². The summed E-state index contributed by atoms with van der Waals surface area (Å²) in [5.74, 6) is -2.05. The first-order valence-corrected chi connectivity index (χ1v) is 5.40. The predicted molar refractivity (Wildman–Crippen MR) is 58.2 cm³/mol. The maximum absolute atomic E-state index is 12.9. The highest BCUT2D eigenvalue weighted by molar-refractivity contribution is 6.32. The molecule has 0 saturated carbocycles. The van der Waals surface area contributed by atoms with Crippen LogP contribution in [0, 0.1) is 5.82 Å². The van der Waals surface area contributed by atoms with Gasteiger partial charge in [0.2, 0.25) is 0 Å². The molecular formula is C10H9ClF4N2O2. The summed E-state index contributed by atoms with van der Waals surface area (Å²) in [6.07, 6.45) is -3.91. The zero-order valence-electron chi connectivity index (χ0n) is 9.42. The van der Waals surface area contributed by atoms with E-state index in [9.17, 15) is 22.4 Å². The van der Waals surface area contributed by atoms with Crippen molar-refractivity contribution in [1.29, 1.82) is 0 Å². The van der Waals surface area contributed by atoms with Crippen LogP contribution in [0.3, 0.4) is 0 Å². The van der Waals surface area contributed by atoms with E-state index in [1.54, 1.807) is 0 Å². The first-order valence-electron chi connectivity index (χ1n) is 5.02. The van der Waals surface area contributed by atoms with Crippen molar-refractivity contribution >= 4 is 17.5 Å². The maximum atomic E-state index is 12.9. The molecule has 0 bridgehead atoms. The van der Waals surface area contributed by atoms with Gasteiger partial charge in [-0.15, -0.1) is 0 Å².